The van der Waals surface area contributed by atoms with Crippen LogP contribution >= 0.6 is 0 Å². The average Bonchev–Trinajstić information content (AvgIpc) is 2.35. The van der Waals surface area contributed by atoms with Gasteiger partial charge < -0.3 is 10.1 Å². The van der Waals surface area contributed by atoms with E-state index in [0.717, 1.165) is 12.4 Å². The predicted octanol–water partition coefficient (Wildman–Crippen LogP) is 3.42. The molecule has 0 bridgehead atoms. The second-order valence-corrected chi connectivity index (χ2v) is 5.46. The van der Waals surface area contributed by atoms with E-state index in [4.69, 9.17) is 4.74 Å². The number of ether oxygens (including phenoxy) is 1. The van der Waals surface area contributed by atoms with E-state index in [1.807, 2.05) is 0 Å². The molecule has 0 aliphatic carbocycles. The lowest BCUT2D eigenvalue weighted by Crippen LogP contribution is -2.32. The van der Waals surface area contributed by atoms with Gasteiger partial charge in [-0.1, -0.05) is 12.2 Å². The molecule has 1 aromatic rings. The van der Waals surface area contributed by atoms with Crippen LogP contribution in [0.25, 0.3) is 6.08 Å². The van der Waals surface area contributed by atoms with Crippen LogP contribution in [0.2, 0.25) is 0 Å². The molecule has 1 heterocycles. The monoisotopic (exact) mass is 317 g/mol. The number of aromatic nitrogens is 2. The normalized spacial score (nSPS) is 12.5. The molecule has 1 N–H and O–H groups in total. The third kappa shape index (κ3) is 7.05. The molecule has 0 aromatic carbocycles. The van der Waals surface area contributed by atoms with Crippen LogP contribution in [0.15, 0.2) is 18.5 Å². The molecule has 0 saturated carbocycles. The smallest absolute Gasteiger partial charge is 0.444 e. The van der Waals surface area contributed by atoms with Gasteiger partial charge in [0.25, 0.3) is 0 Å². The van der Waals surface area contributed by atoms with Crippen molar-refractivity contribution < 1.29 is 22.7 Å². The SMILES string of the molecule is CC(C)(C)OC(=O)NCCC=Cc1cnc(C(F)(F)F)nc1. The van der Waals surface area contributed by atoms with Gasteiger partial charge >= 0.3 is 12.3 Å². The summed E-state index contributed by atoms with van der Waals surface area (Å²) >= 11 is 0. The molecule has 0 unspecified atom stereocenters. The highest BCUT2D eigenvalue weighted by Gasteiger charge is 2.34. The molecule has 0 fully saturated rings. The Labute approximate surface area is 126 Å². The van der Waals surface area contributed by atoms with Gasteiger partial charge in [-0.15, -0.1) is 0 Å². The Hall–Kier alpha value is -2.12. The second-order valence-electron chi connectivity index (χ2n) is 5.46. The largest absolute Gasteiger partial charge is 0.451 e. The number of hydrogen-bond acceptors (Lipinski definition) is 4. The zero-order chi connectivity index (χ0) is 16.8. The third-order valence-electron chi connectivity index (χ3n) is 2.21. The quantitative estimate of drug-likeness (QED) is 0.864. The lowest BCUT2D eigenvalue weighted by Gasteiger charge is -2.19. The summed E-state index contributed by atoms with van der Waals surface area (Å²) in [5, 5.41) is 2.56. The first-order valence-electron chi connectivity index (χ1n) is 6.60. The van der Waals surface area contributed by atoms with Crippen LogP contribution in [-0.2, 0) is 10.9 Å². The summed E-state index contributed by atoms with van der Waals surface area (Å²) in [6.07, 6.45) is 0.903. The fraction of sp³-hybridized carbons (Fsp3) is 0.500. The maximum atomic E-state index is 12.3. The van der Waals surface area contributed by atoms with Crippen LogP contribution in [0.4, 0.5) is 18.0 Å². The minimum atomic E-state index is -4.54. The number of halogens is 3. The first-order valence-corrected chi connectivity index (χ1v) is 6.60. The van der Waals surface area contributed by atoms with Gasteiger partial charge in [0.2, 0.25) is 5.82 Å². The van der Waals surface area contributed by atoms with Gasteiger partial charge in [-0.3, -0.25) is 0 Å². The van der Waals surface area contributed by atoms with Crippen LogP contribution in [0.5, 0.6) is 0 Å². The summed E-state index contributed by atoms with van der Waals surface area (Å²) in [5.41, 5.74) is -0.109. The van der Waals surface area contributed by atoms with Gasteiger partial charge in [0.05, 0.1) is 0 Å². The molecule has 1 rings (SSSR count). The van der Waals surface area contributed by atoms with Crippen LogP contribution in [0.1, 0.15) is 38.6 Å². The summed E-state index contributed by atoms with van der Waals surface area (Å²) in [4.78, 5) is 17.8. The van der Waals surface area contributed by atoms with Gasteiger partial charge in [-0.25, -0.2) is 14.8 Å². The summed E-state index contributed by atoms with van der Waals surface area (Å²) in [5.74, 6) is -1.17. The van der Waals surface area contributed by atoms with Crippen molar-refractivity contribution in [1.82, 2.24) is 15.3 Å². The number of nitrogens with zero attached hydrogens (tertiary/aromatic N) is 2. The first-order chi connectivity index (χ1) is 10.1. The summed E-state index contributed by atoms with van der Waals surface area (Å²) in [6.45, 7) is 5.64. The minimum absolute atomic E-state index is 0.354. The molecular weight excluding hydrogens is 299 g/mol. The van der Waals surface area contributed by atoms with E-state index < -0.39 is 23.7 Å². The molecule has 0 radical (unpaired) electrons. The lowest BCUT2D eigenvalue weighted by molar-refractivity contribution is -0.145. The maximum Gasteiger partial charge on any atom is 0.451 e. The van der Waals surface area contributed by atoms with E-state index in [1.54, 1.807) is 32.9 Å². The van der Waals surface area contributed by atoms with E-state index in [0.29, 0.717) is 18.5 Å². The highest BCUT2D eigenvalue weighted by molar-refractivity contribution is 5.67. The third-order valence-corrected chi connectivity index (χ3v) is 2.21. The number of alkyl halides is 3. The molecule has 5 nitrogen and oxygen atoms in total. The van der Waals surface area contributed by atoms with Gasteiger partial charge in [-0.2, -0.15) is 13.2 Å². The van der Waals surface area contributed by atoms with Crippen molar-refractivity contribution in [3.05, 3.63) is 29.9 Å². The highest BCUT2D eigenvalue weighted by Crippen LogP contribution is 2.25. The molecule has 1 amide bonds. The van der Waals surface area contributed by atoms with Crippen molar-refractivity contribution in [2.45, 2.75) is 39.0 Å². The van der Waals surface area contributed by atoms with Crippen molar-refractivity contribution in [2.75, 3.05) is 6.54 Å². The average molecular weight is 317 g/mol. The predicted molar refractivity (Wildman–Crippen MR) is 74.9 cm³/mol. The van der Waals surface area contributed by atoms with E-state index in [1.165, 1.54) is 0 Å². The maximum absolute atomic E-state index is 12.3. The van der Waals surface area contributed by atoms with Crippen LogP contribution in [-0.4, -0.2) is 28.2 Å². The number of nitrogens with one attached hydrogen (secondary N) is 1. The highest BCUT2D eigenvalue weighted by atomic mass is 19.4. The number of alkyl carbamates (subject to hydrolysis) is 1. The van der Waals surface area contributed by atoms with Gasteiger partial charge in [0.15, 0.2) is 0 Å². The molecule has 8 heteroatoms. The van der Waals surface area contributed by atoms with Crippen molar-refractivity contribution in [3.8, 4) is 0 Å². The van der Waals surface area contributed by atoms with E-state index in [2.05, 4.69) is 15.3 Å². The van der Waals surface area contributed by atoms with Crippen molar-refractivity contribution in [3.63, 3.8) is 0 Å². The number of amides is 1. The van der Waals surface area contributed by atoms with Crippen molar-refractivity contribution >= 4 is 12.2 Å². The Balaban J connectivity index is 2.36. The first kappa shape index (κ1) is 17.9. The van der Waals surface area contributed by atoms with E-state index in [-0.39, 0.29) is 0 Å². The molecule has 122 valence electrons. The molecule has 1 aromatic heterocycles. The number of rotatable bonds is 4. The molecule has 0 aliphatic heterocycles. The standard InChI is InChI=1S/C14H18F3N3O2/c1-13(2,3)22-12(21)18-7-5-4-6-10-8-19-11(20-9-10)14(15,16)17/h4,6,8-9H,5,7H2,1-3H3,(H,18,21). The van der Waals surface area contributed by atoms with E-state index in [9.17, 15) is 18.0 Å². The zero-order valence-electron chi connectivity index (χ0n) is 12.6. The molecule has 0 saturated heterocycles. The van der Waals surface area contributed by atoms with Crippen LogP contribution < -0.4 is 5.32 Å². The van der Waals surface area contributed by atoms with Gasteiger partial charge in [0.1, 0.15) is 5.60 Å². The van der Waals surface area contributed by atoms with Gasteiger partial charge in [-0.05, 0) is 27.2 Å². The van der Waals surface area contributed by atoms with E-state index >= 15 is 0 Å². The lowest BCUT2D eigenvalue weighted by atomic mass is 10.2. The molecule has 0 spiro atoms. The Morgan fingerprint density at radius 3 is 2.36 bits per heavy atom. The Morgan fingerprint density at radius 2 is 1.86 bits per heavy atom. The molecule has 0 atom stereocenters. The van der Waals surface area contributed by atoms with Gasteiger partial charge in [0, 0.05) is 24.5 Å². The summed E-state index contributed by atoms with van der Waals surface area (Å²) in [7, 11) is 0. The Kier molecular flexibility index (Phi) is 5.90. The molecule has 0 aliphatic rings. The zero-order valence-corrected chi connectivity index (χ0v) is 12.6. The number of carbonyl (C=O) groups excluding carboxylic acids is 1. The van der Waals surface area contributed by atoms with Crippen LogP contribution in [0.3, 0.4) is 0 Å². The fourth-order valence-corrected chi connectivity index (χ4v) is 1.36. The molecular formula is C14H18F3N3O2. The van der Waals surface area contributed by atoms with Crippen molar-refractivity contribution in [2.24, 2.45) is 0 Å². The minimum Gasteiger partial charge on any atom is -0.444 e. The number of hydrogen-bond donors (Lipinski definition) is 1. The van der Waals surface area contributed by atoms with Crippen LogP contribution in [0, 0.1) is 0 Å². The summed E-state index contributed by atoms with van der Waals surface area (Å²) in [6, 6.07) is 0. The summed E-state index contributed by atoms with van der Waals surface area (Å²) < 4.78 is 41.9. The topological polar surface area (TPSA) is 64.1 Å². The Bertz CT molecular complexity index is 520. The number of carbonyl (C=O) groups is 1. The Morgan fingerprint density at radius 1 is 1.27 bits per heavy atom. The second kappa shape index (κ2) is 7.24. The van der Waals surface area contributed by atoms with Crippen molar-refractivity contribution in [1.29, 1.82) is 0 Å². The molecule has 22 heavy (non-hydrogen) atoms. The fourth-order valence-electron chi connectivity index (χ4n) is 1.36.